The van der Waals surface area contributed by atoms with Crippen LogP contribution in [0, 0.1) is 5.92 Å². The van der Waals surface area contributed by atoms with Crippen LogP contribution >= 0.6 is 0 Å². The average Bonchev–Trinajstić information content (AvgIpc) is 2.31. The van der Waals surface area contributed by atoms with Crippen molar-refractivity contribution in [2.45, 2.75) is 32.7 Å². The second-order valence-corrected chi connectivity index (χ2v) is 4.17. The lowest BCUT2D eigenvalue weighted by molar-refractivity contribution is 0.273. The van der Waals surface area contributed by atoms with Crippen molar-refractivity contribution < 1.29 is 4.39 Å². The Labute approximate surface area is 74.3 Å². The maximum atomic E-state index is 12.2. The van der Waals surface area contributed by atoms with Crippen molar-refractivity contribution in [1.29, 1.82) is 0 Å². The van der Waals surface area contributed by atoms with Crippen molar-refractivity contribution >= 4 is 0 Å². The molecule has 0 amide bonds. The second kappa shape index (κ2) is 4.04. The number of hydrogen-bond acceptors (Lipinski definition) is 1. The number of nitrogens with zero attached hydrogens (tertiary/aromatic N) is 1. The van der Waals surface area contributed by atoms with Gasteiger partial charge in [0.05, 0.1) is 6.33 Å². The topological polar surface area (TPSA) is 3.24 Å². The normalized spacial score (nSPS) is 29.1. The van der Waals surface area contributed by atoms with Crippen molar-refractivity contribution in [2.24, 2.45) is 5.92 Å². The summed E-state index contributed by atoms with van der Waals surface area (Å²) >= 11 is 0. The fourth-order valence-corrected chi connectivity index (χ4v) is 1.86. The molecule has 0 aromatic rings. The summed E-state index contributed by atoms with van der Waals surface area (Å²) in [5.41, 5.74) is 0.947. The molecule has 0 N–H and O–H groups in total. The number of rotatable bonds is 2. The maximum absolute atomic E-state index is 12.2. The molecule has 0 aromatic heterocycles. The minimum absolute atomic E-state index is 0.562. The van der Waals surface area contributed by atoms with Gasteiger partial charge in [-0.25, -0.2) is 4.39 Å². The van der Waals surface area contributed by atoms with Gasteiger partial charge in [0.1, 0.15) is 0 Å². The molecule has 1 rings (SSSR count). The highest BCUT2D eigenvalue weighted by Gasteiger charge is 2.25. The lowest BCUT2D eigenvalue weighted by Gasteiger charge is -2.20. The van der Waals surface area contributed by atoms with E-state index in [4.69, 9.17) is 0 Å². The van der Waals surface area contributed by atoms with Crippen LogP contribution in [0.1, 0.15) is 26.7 Å². The van der Waals surface area contributed by atoms with Crippen LogP contribution in [0.4, 0.5) is 4.39 Å². The highest BCUT2D eigenvalue weighted by Crippen LogP contribution is 2.25. The van der Waals surface area contributed by atoms with Gasteiger partial charge in [-0.15, -0.1) is 0 Å². The molecule has 1 fully saturated rings. The molecule has 12 heavy (non-hydrogen) atoms. The van der Waals surface area contributed by atoms with Crippen molar-refractivity contribution in [1.82, 2.24) is 4.90 Å². The Hall–Kier alpha value is -0.370. The summed E-state index contributed by atoms with van der Waals surface area (Å²) < 4.78 is 12.2. The van der Waals surface area contributed by atoms with E-state index in [9.17, 15) is 4.39 Å². The molecule has 0 saturated carbocycles. The Morgan fingerprint density at radius 1 is 1.67 bits per heavy atom. The molecule has 0 radical (unpaired) electrons. The minimum Gasteiger partial charge on any atom is -0.299 e. The summed E-state index contributed by atoms with van der Waals surface area (Å²) in [6.07, 6.45) is 2.87. The van der Waals surface area contributed by atoms with Crippen LogP contribution in [-0.2, 0) is 0 Å². The molecular formula is C10H18FN. The third-order valence-electron chi connectivity index (χ3n) is 2.47. The van der Waals surface area contributed by atoms with E-state index >= 15 is 0 Å². The van der Waals surface area contributed by atoms with E-state index in [1.807, 2.05) is 0 Å². The number of likely N-dealkylation sites (tertiary alicyclic amines) is 1. The summed E-state index contributed by atoms with van der Waals surface area (Å²) in [4.78, 5) is 2.24. The van der Waals surface area contributed by atoms with Crippen LogP contribution in [0.2, 0.25) is 0 Å². The van der Waals surface area contributed by atoms with E-state index in [2.05, 4.69) is 25.8 Å². The van der Waals surface area contributed by atoms with Crippen molar-refractivity contribution in [3.63, 3.8) is 0 Å². The van der Waals surface area contributed by atoms with E-state index < -0.39 is 0 Å². The first-order valence-electron chi connectivity index (χ1n) is 4.62. The van der Waals surface area contributed by atoms with Crippen molar-refractivity contribution in [2.75, 3.05) is 13.6 Å². The van der Waals surface area contributed by atoms with E-state index in [1.54, 1.807) is 0 Å². The van der Waals surface area contributed by atoms with E-state index in [1.165, 1.54) is 6.42 Å². The third kappa shape index (κ3) is 2.31. The average molecular weight is 171 g/mol. The molecule has 0 aliphatic carbocycles. The van der Waals surface area contributed by atoms with Gasteiger partial charge in [-0.2, -0.15) is 0 Å². The number of likely N-dealkylation sites (N-methyl/N-ethyl adjacent to an activating group) is 1. The lowest BCUT2D eigenvalue weighted by Crippen LogP contribution is -2.26. The first-order valence-corrected chi connectivity index (χ1v) is 4.62. The zero-order valence-corrected chi connectivity index (χ0v) is 8.18. The Bertz CT molecular complexity index is 175. The Morgan fingerprint density at radius 2 is 2.33 bits per heavy atom. The molecule has 0 aromatic carbocycles. The first kappa shape index (κ1) is 9.72. The first-order chi connectivity index (χ1) is 5.63. The van der Waals surface area contributed by atoms with E-state index in [-0.39, 0.29) is 0 Å². The Morgan fingerprint density at radius 3 is 2.75 bits per heavy atom. The summed E-state index contributed by atoms with van der Waals surface area (Å²) in [6, 6.07) is 0.562. The van der Waals surface area contributed by atoms with Gasteiger partial charge in [0.15, 0.2) is 0 Å². The van der Waals surface area contributed by atoms with Crippen LogP contribution in [0.5, 0.6) is 0 Å². The van der Waals surface area contributed by atoms with Crippen LogP contribution in [0.3, 0.4) is 0 Å². The molecule has 1 aliphatic rings. The minimum atomic E-state index is 0.562. The van der Waals surface area contributed by atoms with E-state index in [0.717, 1.165) is 24.9 Å². The molecule has 1 nitrogen and oxygen atoms in total. The lowest BCUT2D eigenvalue weighted by atomic mass is 10.0. The molecule has 0 bridgehead atoms. The molecule has 1 heterocycles. The molecule has 70 valence electrons. The Kier molecular flexibility index (Phi) is 3.27. The van der Waals surface area contributed by atoms with Crippen LogP contribution in [0.25, 0.3) is 0 Å². The highest BCUT2D eigenvalue weighted by atomic mass is 19.1. The Balaban J connectivity index is 2.46. The molecule has 1 atom stereocenters. The SMILES string of the molecule is CC(C)CC1C/C(=C\F)CN1C. The van der Waals surface area contributed by atoms with Gasteiger partial charge in [0, 0.05) is 12.6 Å². The molecule has 1 unspecified atom stereocenters. The van der Waals surface area contributed by atoms with Gasteiger partial charge in [-0.1, -0.05) is 13.8 Å². The van der Waals surface area contributed by atoms with Gasteiger partial charge < -0.3 is 0 Å². The van der Waals surface area contributed by atoms with Crippen LogP contribution in [-0.4, -0.2) is 24.5 Å². The molecule has 1 saturated heterocycles. The summed E-state index contributed by atoms with van der Waals surface area (Å²) in [5, 5.41) is 0. The molecule has 0 spiro atoms. The molecule has 2 heteroatoms. The highest BCUT2D eigenvalue weighted by molar-refractivity contribution is 5.09. The predicted molar refractivity (Wildman–Crippen MR) is 49.7 cm³/mol. The van der Waals surface area contributed by atoms with Gasteiger partial charge in [0.25, 0.3) is 0 Å². The molecular weight excluding hydrogens is 153 g/mol. The fourth-order valence-electron chi connectivity index (χ4n) is 1.86. The van der Waals surface area contributed by atoms with Gasteiger partial charge in [-0.05, 0) is 31.4 Å². The largest absolute Gasteiger partial charge is 0.299 e. The zero-order chi connectivity index (χ0) is 9.14. The smallest absolute Gasteiger partial charge is 0.0872 e. The molecule has 1 aliphatic heterocycles. The monoisotopic (exact) mass is 171 g/mol. The maximum Gasteiger partial charge on any atom is 0.0872 e. The standard InChI is InChI=1S/C10H18FN/c1-8(2)4-10-5-9(6-11)7-12(10)3/h6,8,10H,4-5,7H2,1-3H3/b9-6+. The summed E-state index contributed by atoms with van der Waals surface area (Å²) in [6.45, 7) is 5.24. The predicted octanol–water partition coefficient (Wildman–Crippen LogP) is 2.59. The summed E-state index contributed by atoms with van der Waals surface area (Å²) in [7, 11) is 2.07. The number of halogens is 1. The van der Waals surface area contributed by atoms with Crippen LogP contribution in [0.15, 0.2) is 11.9 Å². The fraction of sp³-hybridized carbons (Fsp3) is 0.800. The number of hydrogen-bond donors (Lipinski definition) is 0. The van der Waals surface area contributed by atoms with Crippen LogP contribution < -0.4 is 0 Å². The summed E-state index contributed by atoms with van der Waals surface area (Å²) in [5.74, 6) is 0.705. The third-order valence-corrected chi connectivity index (χ3v) is 2.47. The van der Waals surface area contributed by atoms with Crippen molar-refractivity contribution in [3.8, 4) is 0 Å². The van der Waals surface area contributed by atoms with E-state index in [0.29, 0.717) is 12.0 Å². The van der Waals surface area contributed by atoms with Gasteiger partial charge in [0.2, 0.25) is 0 Å². The van der Waals surface area contributed by atoms with Gasteiger partial charge >= 0.3 is 0 Å². The van der Waals surface area contributed by atoms with Crippen molar-refractivity contribution in [3.05, 3.63) is 11.9 Å². The zero-order valence-electron chi connectivity index (χ0n) is 8.18. The quantitative estimate of drug-likeness (QED) is 0.617. The second-order valence-electron chi connectivity index (χ2n) is 4.17. The van der Waals surface area contributed by atoms with Gasteiger partial charge in [-0.3, -0.25) is 4.90 Å².